The molecule has 1 N–H and O–H groups in total. The second kappa shape index (κ2) is 6.07. The standard InChI is InChI=1S/C16H13N3O5/c20-16(17-15-4-2-1-3-14(15)10-5-6-10)11-7-12(18(21)22)9-13(8-11)19(23)24/h1-4,7-10H,5-6H2,(H,17,20). The average molecular weight is 327 g/mol. The summed E-state index contributed by atoms with van der Waals surface area (Å²) in [4.78, 5) is 32.7. The smallest absolute Gasteiger partial charge is 0.277 e. The molecule has 1 fully saturated rings. The van der Waals surface area contributed by atoms with Crippen LogP contribution in [0.4, 0.5) is 17.1 Å². The number of para-hydroxylation sites is 1. The number of carbonyl (C=O) groups is 1. The molecule has 3 rings (SSSR count). The molecule has 24 heavy (non-hydrogen) atoms. The first-order valence-corrected chi connectivity index (χ1v) is 7.30. The first-order chi connectivity index (χ1) is 11.5. The summed E-state index contributed by atoms with van der Waals surface area (Å²) in [5.74, 6) is -0.212. The normalized spacial score (nSPS) is 13.3. The van der Waals surface area contributed by atoms with Crippen molar-refractivity contribution in [1.82, 2.24) is 0 Å². The van der Waals surface area contributed by atoms with Crippen LogP contribution in [0, 0.1) is 20.2 Å². The number of anilines is 1. The van der Waals surface area contributed by atoms with Gasteiger partial charge in [-0.3, -0.25) is 25.0 Å². The van der Waals surface area contributed by atoms with Crippen LogP contribution in [0.25, 0.3) is 0 Å². The lowest BCUT2D eigenvalue weighted by molar-refractivity contribution is -0.394. The van der Waals surface area contributed by atoms with Crippen molar-refractivity contribution >= 4 is 23.0 Å². The van der Waals surface area contributed by atoms with Gasteiger partial charge in [-0.1, -0.05) is 18.2 Å². The summed E-state index contributed by atoms with van der Waals surface area (Å²) < 4.78 is 0. The zero-order valence-electron chi connectivity index (χ0n) is 12.5. The molecule has 1 aliphatic rings. The Morgan fingerprint density at radius 2 is 1.58 bits per heavy atom. The Morgan fingerprint density at radius 3 is 2.12 bits per heavy atom. The second-order valence-corrected chi connectivity index (χ2v) is 5.57. The topological polar surface area (TPSA) is 115 Å². The van der Waals surface area contributed by atoms with Crippen LogP contribution in [-0.4, -0.2) is 15.8 Å². The molecule has 1 amide bonds. The quantitative estimate of drug-likeness (QED) is 0.665. The lowest BCUT2D eigenvalue weighted by Gasteiger charge is -2.10. The molecule has 0 radical (unpaired) electrons. The number of nitrogens with one attached hydrogen (secondary N) is 1. The maximum Gasteiger partial charge on any atom is 0.277 e. The fourth-order valence-corrected chi connectivity index (χ4v) is 2.49. The number of carbonyl (C=O) groups excluding carboxylic acids is 1. The number of nitro groups is 2. The molecule has 2 aromatic carbocycles. The van der Waals surface area contributed by atoms with E-state index >= 15 is 0 Å². The molecule has 0 aliphatic heterocycles. The predicted molar refractivity (Wildman–Crippen MR) is 86.1 cm³/mol. The van der Waals surface area contributed by atoms with Crippen molar-refractivity contribution in [2.45, 2.75) is 18.8 Å². The molecule has 1 aliphatic carbocycles. The lowest BCUT2D eigenvalue weighted by atomic mass is 10.1. The summed E-state index contributed by atoms with van der Waals surface area (Å²) in [5, 5.41) is 24.5. The number of nitrogens with zero attached hydrogens (tertiary/aromatic N) is 2. The first kappa shape index (κ1) is 15.6. The van der Waals surface area contributed by atoms with Gasteiger partial charge in [0, 0.05) is 17.8 Å². The SMILES string of the molecule is O=C(Nc1ccccc1C1CC1)c1cc([N+](=O)[O-])cc([N+](=O)[O-])c1. The van der Waals surface area contributed by atoms with Gasteiger partial charge in [-0.2, -0.15) is 0 Å². The molecule has 122 valence electrons. The molecular formula is C16H13N3O5. The molecule has 0 spiro atoms. The van der Waals surface area contributed by atoms with E-state index in [0.29, 0.717) is 11.6 Å². The number of amides is 1. The Labute approximate surface area is 136 Å². The van der Waals surface area contributed by atoms with E-state index in [1.807, 2.05) is 12.1 Å². The van der Waals surface area contributed by atoms with Crippen LogP contribution in [0.3, 0.4) is 0 Å². The van der Waals surface area contributed by atoms with Crippen LogP contribution in [-0.2, 0) is 0 Å². The van der Waals surface area contributed by atoms with E-state index in [-0.39, 0.29) is 5.56 Å². The van der Waals surface area contributed by atoms with Gasteiger partial charge >= 0.3 is 0 Å². The first-order valence-electron chi connectivity index (χ1n) is 7.30. The molecule has 0 heterocycles. The molecule has 0 bridgehead atoms. The van der Waals surface area contributed by atoms with Crippen LogP contribution in [0.5, 0.6) is 0 Å². The summed E-state index contributed by atoms with van der Waals surface area (Å²) in [5.41, 5.74) is 0.515. The van der Waals surface area contributed by atoms with Gasteiger partial charge in [-0.15, -0.1) is 0 Å². The largest absolute Gasteiger partial charge is 0.322 e. The highest BCUT2D eigenvalue weighted by Gasteiger charge is 2.27. The van der Waals surface area contributed by atoms with Crippen molar-refractivity contribution in [3.05, 3.63) is 73.8 Å². The molecule has 0 unspecified atom stereocenters. The van der Waals surface area contributed by atoms with E-state index in [4.69, 9.17) is 0 Å². The Bertz CT molecular complexity index is 813. The van der Waals surface area contributed by atoms with Gasteiger partial charge in [0.2, 0.25) is 0 Å². The molecule has 2 aromatic rings. The van der Waals surface area contributed by atoms with Gasteiger partial charge < -0.3 is 5.32 Å². The summed E-state index contributed by atoms with van der Waals surface area (Å²) in [6.45, 7) is 0. The molecule has 8 nitrogen and oxygen atoms in total. The van der Waals surface area contributed by atoms with E-state index in [1.54, 1.807) is 12.1 Å². The number of rotatable bonds is 5. The van der Waals surface area contributed by atoms with E-state index < -0.39 is 27.1 Å². The summed E-state index contributed by atoms with van der Waals surface area (Å²) in [6.07, 6.45) is 2.10. The molecular weight excluding hydrogens is 314 g/mol. The minimum atomic E-state index is -0.762. The van der Waals surface area contributed by atoms with Gasteiger partial charge in [-0.05, 0) is 30.4 Å². The van der Waals surface area contributed by atoms with Crippen molar-refractivity contribution in [3.63, 3.8) is 0 Å². The number of non-ortho nitro benzene ring substituents is 2. The van der Waals surface area contributed by atoms with Crippen molar-refractivity contribution in [2.24, 2.45) is 0 Å². The molecule has 1 saturated carbocycles. The van der Waals surface area contributed by atoms with Crippen LogP contribution in [0.1, 0.15) is 34.7 Å². The third-order valence-corrected chi connectivity index (χ3v) is 3.81. The Morgan fingerprint density at radius 1 is 1.00 bits per heavy atom. The maximum absolute atomic E-state index is 12.4. The number of benzene rings is 2. The Balaban J connectivity index is 1.92. The Kier molecular flexibility index (Phi) is 3.95. The highest BCUT2D eigenvalue weighted by atomic mass is 16.6. The zero-order valence-corrected chi connectivity index (χ0v) is 12.5. The van der Waals surface area contributed by atoms with E-state index in [9.17, 15) is 25.0 Å². The number of hydrogen-bond acceptors (Lipinski definition) is 5. The van der Waals surface area contributed by atoms with Crippen molar-refractivity contribution in [3.8, 4) is 0 Å². The van der Waals surface area contributed by atoms with Crippen molar-refractivity contribution < 1.29 is 14.6 Å². The van der Waals surface area contributed by atoms with Crippen molar-refractivity contribution in [1.29, 1.82) is 0 Å². The highest BCUT2D eigenvalue weighted by Crippen LogP contribution is 2.43. The highest BCUT2D eigenvalue weighted by molar-refractivity contribution is 6.05. The summed E-state index contributed by atoms with van der Waals surface area (Å²) >= 11 is 0. The second-order valence-electron chi connectivity index (χ2n) is 5.57. The van der Waals surface area contributed by atoms with E-state index in [1.165, 1.54) is 0 Å². The maximum atomic E-state index is 12.4. The third-order valence-electron chi connectivity index (χ3n) is 3.81. The predicted octanol–water partition coefficient (Wildman–Crippen LogP) is 3.63. The number of hydrogen-bond donors (Lipinski definition) is 1. The van der Waals surface area contributed by atoms with Gasteiger partial charge in [0.1, 0.15) is 0 Å². The lowest BCUT2D eigenvalue weighted by Crippen LogP contribution is -2.14. The molecule has 0 atom stereocenters. The van der Waals surface area contributed by atoms with E-state index in [2.05, 4.69) is 5.32 Å². The average Bonchev–Trinajstić information content (AvgIpc) is 3.39. The van der Waals surface area contributed by atoms with Crippen LogP contribution >= 0.6 is 0 Å². The summed E-state index contributed by atoms with van der Waals surface area (Å²) in [6, 6.07) is 10.2. The monoisotopic (exact) mass is 327 g/mol. The van der Waals surface area contributed by atoms with Crippen LogP contribution in [0.2, 0.25) is 0 Å². The third kappa shape index (κ3) is 3.22. The van der Waals surface area contributed by atoms with Gasteiger partial charge in [0.25, 0.3) is 17.3 Å². The Hall–Kier alpha value is -3.29. The van der Waals surface area contributed by atoms with Crippen LogP contribution in [0.15, 0.2) is 42.5 Å². The van der Waals surface area contributed by atoms with Crippen LogP contribution < -0.4 is 5.32 Å². The minimum Gasteiger partial charge on any atom is -0.322 e. The van der Waals surface area contributed by atoms with Gasteiger partial charge in [0.15, 0.2) is 0 Å². The fraction of sp³-hybridized carbons (Fsp3) is 0.188. The molecule has 0 aromatic heterocycles. The summed E-state index contributed by atoms with van der Waals surface area (Å²) in [7, 11) is 0. The zero-order chi connectivity index (χ0) is 17.3. The molecule has 0 saturated heterocycles. The fourth-order valence-electron chi connectivity index (χ4n) is 2.49. The number of nitro benzene ring substituents is 2. The van der Waals surface area contributed by atoms with Crippen molar-refractivity contribution in [2.75, 3.05) is 5.32 Å². The minimum absolute atomic E-state index is 0.124. The van der Waals surface area contributed by atoms with E-state index in [0.717, 1.165) is 36.6 Å². The van der Waals surface area contributed by atoms with Gasteiger partial charge in [-0.25, -0.2) is 0 Å². The van der Waals surface area contributed by atoms with Gasteiger partial charge in [0.05, 0.1) is 21.5 Å². The molecule has 8 heteroatoms.